The molecule has 15 heavy (non-hydrogen) atoms. The lowest BCUT2D eigenvalue weighted by Crippen LogP contribution is -2.39. The van der Waals surface area contributed by atoms with E-state index >= 15 is 0 Å². The first-order valence-corrected chi connectivity index (χ1v) is 4.71. The lowest BCUT2D eigenvalue weighted by atomic mass is 10.1. The van der Waals surface area contributed by atoms with Gasteiger partial charge in [0.1, 0.15) is 23.8 Å². The molecule has 6 nitrogen and oxygen atoms in total. The molecule has 0 aromatic carbocycles. The van der Waals surface area contributed by atoms with E-state index in [-0.39, 0.29) is 0 Å². The summed E-state index contributed by atoms with van der Waals surface area (Å²) in [6, 6.07) is -0.711. The molecule has 3 N–H and O–H groups in total. The largest absolute Gasteiger partial charge is 0.459 e. The van der Waals surface area contributed by atoms with Crippen LogP contribution in [0.3, 0.4) is 0 Å². The summed E-state index contributed by atoms with van der Waals surface area (Å²) in [6.45, 7) is 5.39. The van der Waals surface area contributed by atoms with Gasteiger partial charge in [-0.25, -0.2) is 4.98 Å². The summed E-state index contributed by atoms with van der Waals surface area (Å²) in [5, 5.41) is 6.30. The van der Waals surface area contributed by atoms with E-state index in [1.807, 2.05) is 0 Å². The van der Waals surface area contributed by atoms with E-state index in [1.54, 1.807) is 20.8 Å². The molecule has 1 rings (SSSR count). The second-order valence-electron chi connectivity index (χ2n) is 4.28. The fraction of sp³-hybridized carbons (Fsp3) is 0.667. The molecular formula is C9H16N4O2. The van der Waals surface area contributed by atoms with Gasteiger partial charge in [0.05, 0.1) is 0 Å². The smallest absolute Gasteiger partial charge is 0.323 e. The predicted octanol–water partition coefficient (Wildman–Crippen LogP) is 0.0162. The quantitative estimate of drug-likeness (QED) is 0.689. The summed E-state index contributed by atoms with van der Waals surface area (Å²) in [4.78, 5) is 15.4. The lowest BCUT2D eigenvalue weighted by Gasteiger charge is -2.21. The van der Waals surface area contributed by atoms with Crippen LogP contribution in [0.1, 0.15) is 26.6 Å². The lowest BCUT2D eigenvalue weighted by molar-refractivity contribution is -0.156. The average molecular weight is 212 g/mol. The van der Waals surface area contributed by atoms with Gasteiger partial charge < -0.3 is 10.5 Å². The van der Waals surface area contributed by atoms with Crippen molar-refractivity contribution < 1.29 is 9.53 Å². The Morgan fingerprint density at radius 3 is 2.80 bits per heavy atom. The molecule has 0 aliphatic heterocycles. The summed E-state index contributed by atoms with van der Waals surface area (Å²) >= 11 is 0. The van der Waals surface area contributed by atoms with E-state index < -0.39 is 17.6 Å². The Morgan fingerprint density at radius 1 is 1.67 bits per heavy atom. The van der Waals surface area contributed by atoms with E-state index in [9.17, 15) is 4.79 Å². The number of aromatic amines is 1. The van der Waals surface area contributed by atoms with E-state index in [0.29, 0.717) is 12.2 Å². The minimum Gasteiger partial charge on any atom is -0.459 e. The molecular weight excluding hydrogens is 196 g/mol. The van der Waals surface area contributed by atoms with Crippen molar-refractivity contribution in [2.24, 2.45) is 5.73 Å². The van der Waals surface area contributed by atoms with Crippen molar-refractivity contribution in [1.82, 2.24) is 15.2 Å². The molecule has 1 aromatic heterocycles. The third kappa shape index (κ3) is 4.07. The highest BCUT2D eigenvalue weighted by molar-refractivity contribution is 5.76. The maximum absolute atomic E-state index is 11.5. The Hall–Kier alpha value is -1.43. The van der Waals surface area contributed by atoms with Crippen LogP contribution in [0, 0.1) is 0 Å². The van der Waals surface area contributed by atoms with Gasteiger partial charge in [-0.3, -0.25) is 9.89 Å². The number of hydrogen-bond donors (Lipinski definition) is 2. The Kier molecular flexibility index (Phi) is 3.41. The highest BCUT2D eigenvalue weighted by Crippen LogP contribution is 2.08. The Morgan fingerprint density at radius 2 is 2.33 bits per heavy atom. The van der Waals surface area contributed by atoms with Gasteiger partial charge in [-0.1, -0.05) is 0 Å². The van der Waals surface area contributed by atoms with E-state index in [0.717, 1.165) is 0 Å². The number of nitrogens with two attached hydrogens (primary N) is 1. The maximum Gasteiger partial charge on any atom is 0.323 e. The van der Waals surface area contributed by atoms with Crippen LogP contribution < -0.4 is 5.73 Å². The van der Waals surface area contributed by atoms with Crippen LogP contribution in [0.5, 0.6) is 0 Å². The average Bonchev–Trinajstić information content (AvgIpc) is 2.53. The summed E-state index contributed by atoms with van der Waals surface area (Å²) in [7, 11) is 0. The molecule has 1 atom stereocenters. The molecule has 6 heteroatoms. The van der Waals surface area contributed by atoms with Crippen LogP contribution in [-0.2, 0) is 16.0 Å². The van der Waals surface area contributed by atoms with E-state index in [1.165, 1.54) is 6.33 Å². The summed E-state index contributed by atoms with van der Waals surface area (Å²) in [5.74, 6) is 0.146. The fourth-order valence-electron chi connectivity index (χ4n) is 0.998. The van der Waals surface area contributed by atoms with Crippen molar-refractivity contribution in [3.63, 3.8) is 0 Å². The van der Waals surface area contributed by atoms with Crippen LogP contribution >= 0.6 is 0 Å². The molecule has 0 aliphatic rings. The van der Waals surface area contributed by atoms with Crippen molar-refractivity contribution >= 4 is 5.97 Å². The number of rotatable bonds is 3. The number of hydrogen-bond acceptors (Lipinski definition) is 5. The van der Waals surface area contributed by atoms with Crippen LogP contribution in [0.4, 0.5) is 0 Å². The maximum atomic E-state index is 11.5. The number of aromatic nitrogens is 3. The first-order valence-electron chi connectivity index (χ1n) is 4.71. The third-order valence-corrected chi connectivity index (χ3v) is 1.59. The first kappa shape index (κ1) is 11.6. The van der Waals surface area contributed by atoms with Crippen molar-refractivity contribution in [3.8, 4) is 0 Å². The van der Waals surface area contributed by atoms with Gasteiger partial charge in [0.15, 0.2) is 0 Å². The molecule has 0 saturated carbocycles. The van der Waals surface area contributed by atoms with Crippen LogP contribution in [0.15, 0.2) is 6.33 Å². The number of nitrogens with zero attached hydrogens (tertiary/aromatic N) is 2. The van der Waals surface area contributed by atoms with Gasteiger partial charge in [0, 0.05) is 6.42 Å². The minimum absolute atomic E-state index is 0.301. The van der Waals surface area contributed by atoms with Gasteiger partial charge in [-0.2, -0.15) is 5.10 Å². The second kappa shape index (κ2) is 4.39. The van der Waals surface area contributed by atoms with Crippen LogP contribution in [-0.4, -0.2) is 32.8 Å². The number of carbonyl (C=O) groups excluding carboxylic acids is 1. The standard InChI is InChI=1S/C9H16N4O2/c1-9(2,3)15-8(14)6(10)4-7-11-5-12-13-7/h5-6H,4,10H2,1-3H3,(H,11,12,13). The monoisotopic (exact) mass is 212 g/mol. The number of H-pyrrole nitrogens is 1. The SMILES string of the molecule is CC(C)(C)OC(=O)C(N)Cc1ncn[nH]1. The number of esters is 1. The van der Waals surface area contributed by atoms with Crippen LogP contribution in [0.25, 0.3) is 0 Å². The van der Waals surface area contributed by atoms with Gasteiger partial charge in [-0.05, 0) is 20.8 Å². The highest BCUT2D eigenvalue weighted by atomic mass is 16.6. The normalized spacial score (nSPS) is 13.6. The highest BCUT2D eigenvalue weighted by Gasteiger charge is 2.22. The Balaban J connectivity index is 2.47. The molecule has 0 aliphatic carbocycles. The number of ether oxygens (including phenoxy) is 1. The zero-order chi connectivity index (χ0) is 11.5. The molecule has 0 radical (unpaired) electrons. The summed E-state index contributed by atoms with van der Waals surface area (Å²) in [5.41, 5.74) is 5.14. The zero-order valence-corrected chi connectivity index (χ0v) is 9.15. The molecule has 84 valence electrons. The Bertz CT molecular complexity index is 315. The molecule has 0 spiro atoms. The molecule has 0 fully saturated rings. The van der Waals surface area contributed by atoms with Crippen molar-refractivity contribution in [2.45, 2.75) is 38.8 Å². The van der Waals surface area contributed by atoms with Crippen LogP contribution in [0.2, 0.25) is 0 Å². The van der Waals surface area contributed by atoms with Crippen molar-refractivity contribution in [2.75, 3.05) is 0 Å². The van der Waals surface area contributed by atoms with Crippen molar-refractivity contribution in [1.29, 1.82) is 0 Å². The summed E-state index contributed by atoms with van der Waals surface area (Å²) in [6.07, 6.45) is 1.67. The summed E-state index contributed by atoms with van der Waals surface area (Å²) < 4.78 is 5.12. The zero-order valence-electron chi connectivity index (χ0n) is 9.15. The van der Waals surface area contributed by atoms with Gasteiger partial charge in [0.25, 0.3) is 0 Å². The molecule has 1 unspecified atom stereocenters. The van der Waals surface area contributed by atoms with Gasteiger partial charge in [-0.15, -0.1) is 0 Å². The predicted molar refractivity (Wildman–Crippen MR) is 53.9 cm³/mol. The molecule has 0 bridgehead atoms. The van der Waals surface area contributed by atoms with Gasteiger partial charge >= 0.3 is 5.97 Å². The molecule has 0 amide bonds. The third-order valence-electron chi connectivity index (χ3n) is 1.59. The molecule has 1 heterocycles. The number of carbonyl (C=O) groups is 1. The molecule has 0 saturated heterocycles. The minimum atomic E-state index is -0.711. The topological polar surface area (TPSA) is 93.9 Å². The Labute approximate surface area is 88.2 Å². The number of nitrogens with one attached hydrogen (secondary N) is 1. The first-order chi connectivity index (χ1) is 6.88. The molecule has 1 aromatic rings. The second-order valence-corrected chi connectivity index (χ2v) is 4.28. The van der Waals surface area contributed by atoms with E-state index in [4.69, 9.17) is 10.5 Å². The van der Waals surface area contributed by atoms with Gasteiger partial charge in [0.2, 0.25) is 0 Å². The van der Waals surface area contributed by atoms with Crippen molar-refractivity contribution in [3.05, 3.63) is 12.2 Å². The van der Waals surface area contributed by atoms with E-state index in [2.05, 4.69) is 15.2 Å². The fourth-order valence-corrected chi connectivity index (χ4v) is 0.998.